The van der Waals surface area contributed by atoms with Gasteiger partial charge in [-0.1, -0.05) is 61.9 Å². The zero-order valence-corrected chi connectivity index (χ0v) is 23.3. The number of carbonyl (C=O) groups is 3. The van der Waals surface area contributed by atoms with Gasteiger partial charge in [-0.05, 0) is 63.3 Å². The van der Waals surface area contributed by atoms with Crippen molar-refractivity contribution in [1.82, 2.24) is 15.5 Å². The largest absolute Gasteiger partial charge is 0.444 e. The number of benzene rings is 2. The normalized spacial score (nSPS) is 12.6. The van der Waals surface area contributed by atoms with Crippen molar-refractivity contribution in [1.29, 1.82) is 5.26 Å². The lowest BCUT2D eigenvalue weighted by Crippen LogP contribution is -2.54. The maximum atomic E-state index is 14.1. The van der Waals surface area contributed by atoms with Crippen molar-refractivity contribution in [3.8, 4) is 6.07 Å². The molecule has 2 unspecified atom stereocenters. The summed E-state index contributed by atoms with van der Waals surface area (Å²) in [4.78, 5) is 41.8. The number of alkyl carbamates (subject to hydrolysis) is 1. The van der Waals surface area contributed by atoms with Gasteiger partial charge in [-0.2, -0.15) is 5.26 Å². The Labute approximate surface area is 226 Å². The molecule has 0 fully saturated rings. The van der Waals surface area contributed by atoms with Crippen LogP contribution >= 0.6 is 0 Å². The zero-order chi connectivity index (χ0) is 28.3. The number of hydrogen-bond acceptors (Lipinski definition) is 5. The van der Waals surface area contributed by atoms with Crippen LogP contribution in [0.4, 0.5) is 4.79 Å². The smallest absolute Gasteiger partial charge is 0.408 e. The molecule has 0 spiro atoms. The van der Waals surface area contributed by atoms with Crippen LogP contribution in [0.1, 0.15) is 68.8 Å². The molecular formula is C30H40N4O4. The molecule has 2 rings (SSSR count). The second-order valence-corrected chi connectivity index (χ2v) is 10.4. The molecule has 0 saturated heterocycles. The van der Waals surface area contributed by atoms with Gasteiger partial charge in [-0.3, -0.25) is 9.59 Å². The first-order valence-electron chi connectivity index (χ1n) is 13.0. The molecule has 204 valence electrons. The summed E-state index contributed by atoms with van der Waals surface area (Å²) < 4.78 is 5.43. The van der Waals surface area contributed by atoms with E-state index in [1.807, 2.05) is 69.3 Å². The third-order valence-corrected chi connectivity index (χ3v) is 6.00. The summed E-state index contributed by atoms with van der Waals surface area (Å²) in [5.74, 6) is -0.908. The first-order chi connectivity index (χ1) is 18.0. The minimum atomic E-state index is -1.06. The summed E-state index contributed by atoms with van der Waals surface area (Å²) in [5, 5.41) is 15.4. The second-order valence-electron chi connectivity index (χ2n) is 10.4. The van der Waals surface area contributed by atoms with E-state index in [-0.39, 0.29) is 18.9 Å². The molecule has 2 atom stereocenters. The molecule has 38 heavy (non-hydrogen) atoms. The van der Waals surface area contributed by atoms with Gasteiger partial charge >= 0.3 is 6.09 Å². The summed E-state index contributed by atoms with van der Waals surface area (Å²) in [5.41, 5.74) is 2.37. The van der Waals surface area contributed by atoms with E-state index in [0.717, 1.165) is 29.5 Å². The van der Waals surface area contributed by atoms with Gasteiger partial charge in [-0.25, -0.2) is 4.79 Å². The predicted molar refractivity (Wildman–Crippen MR) is 147 cm³/mol. The third-order valence-electron chi connectivity index (χ3n) is 6.00. The number of hydrogen-bond donors (Lipinski definition) is 2. The van der Waals surface area contributed by atoms with E-state index in [0.29, 0.717) is 12.1 Å². The third kappa shape index (κ3) is 8.91. The number of aryl methyl sites for hydroxylation is 2. The minimum Gasteiger partial charge on any atom is -0.444 e. The topological polar surface area (TPSA) is 112 Å². The van der Waals surface area contributed by atoms with Gasteiger partial charge in [0, 0.05) is 13.0 Å². The highest BCUT2D eigenvalue weighted by Crippen LogP contribution is 2.29. The van der Waals surface area contributed by atoms with E-state index in [9.17, 15) is 19.6 Å². The Morgan fingerprint density at radius 2 is 1.66 bits per heavy atom. The van der Waals surface area contributed by atoms with Gasteiger partial charge in [-0.15, -0.1) is 0 Å². The maximum absolute atomic E-state index is 14.1. The predicted octanol–water partition coefficient (Wildman–Crippen LogP) is 4.75. The maximum Gasteiger partial charge on any atom is 0.408 e. The van der Waals surface area contributed by atoms with E-state index in [1.54, 1.807) is 20.8 Å². The van der Waals surface area contributed by atoms with E-state index in [1.165, 1.54) is 4.90 Å². The summed E-state index contributed by atoms with van der Waals surface area (Å²) in [6.45, 7) is 11.1. The summed E-state index contributed by atoms with van der Waals surface area (Å²) in [7, 11) is 0. The van der Waals surface area contributed by atoms with Gasteiger partial charge < -0.3 is 20.3 Å². The highest BCUT2D eigenvalue weighted by Gasteiger charge is 2.37. The fourth-order valence-corrected chi connectivity index (χ4v) is 4.24. The number of carbonyl (C=O) groups excluding carboxylic acids is 3. The van der Waals surface area contributed by atoms with E-state index in [4.69, 9.17) is 4.74 Å². The molecule has 0 saturated carbocycles. The molecule has 0 aliphatic heterocycles. The van der Waals surface area contributed by atoms with Crippen LogP contribution in [0.25, 0.3) is 0 Å². The molecular weight excluding hydrogens is 480 g/mol. The number of unbranched alkanes of at least 4 members (excludes halogenated alkanes) is 1. The first kappa shape index (κ1) is 30.4. The lowest BCUT2D eigenvalue weighted by Gasteiger charge is -2.34. The van der Waals surface area contributed by atoms with Crippen LogP contribution in [0.2, 0.25) is 0 Å². The highest BCUT2D eigenvalue weighted by atomic mass is 16.6. The van der Waals surface area contributed by atoms with Crippen molar-refractivity contribution >= 4 is 17.9 Å². The number of rotatable bonds is 11. The molecule has 0 aliphatic carbocycles. The molecule has 2 aromatic carbocycles. The van der Waals surface area contributed by atoms with Crippen molar-refractivity contribution in [3.63, 3.8) is 0 Å². The molecule has 0 radical (unpaired) electrons. The van der Waals surface area contributed by atoms with Gasteiger partial charge in [0.05, 0.1) is 6.07 Å². The van der Waals surface area contributed by atoms with E-state index >= 15 is 0 Å². The van der Waals surface area contributed by atoms with Crippen molar-refractivity contribution in [2.24, 2.45) is 0 Å². The Hall–Kier alpha value is -3.86. The van der Waals surface area contributed by atoms with Crippen LogP contribution in [0.15, 0.2) is 48.5 Å². The first-order valence-corrected chi connectivity index (χ1v) is 13.0. The Morgan fingerprint density at radius 1 is 1.03 bits per heavy atom. The molecule has 0 bridgehead atoms. The molecule has 3 amide bonds. The number of nitrogens with zero attached hydrogens (tertiary/aromatic N) is 2. The van der Waals surface area contributed by atoms with Crippen LogP contribution in [0.3, 0.4) is 0 Å². The monoisotopic (exact) mass is 520 g/mol. The molecule has 2 aromatic rings. The number of ether oxygens (including phenoxy) is 1. The van der Waals surface area contributed by atoms with Crippen LogP contribution in [0.5, 0.6) is 0 Å². The van der Waals surface area contributed by atoms with Crippen LogP contribution in [-0.2, 0) is 20.7 Å². The van der Waals surface area contributed by atoms with Crippen molar-refractivity contribution in [2.75, 3.05) is 13.1 Å². The Balaban J connectivity index is 2.55. The molecule has 8 heteroatoms. The fourth-order valence-electron chi connectivity index (χ4n) is 4.24. The van der Waals surface area contributed by atoms with Crippen LogP contribution in [0, 0.1) is 25.2 Å². The van der Waals surface area contributed by atoms with Crippen LogP contribution < -0.4 is 10.6 Å². The zero-order valence-electron chi connectivity index (χ0n) is 23.3. The highest BCUT2D eigenvalue weighted by molar-refractivity contribution is 5.93. The van der Waals surface area contributed by atoms with E-state index in [2.05, 4.69) is 16.7 Å². The Kier molecular flexibility index (Phi) is 11.3. The number of nitrogens with one attached hydrogen (secondary N) is 2. The van der Waals surface area contributed by atoms with Crippen LogP contribution in [-0.4, -0.2) is 47.5 Å². The van der Waals surface area contributed by atoms with E-state index < -0.39 is 29.7 Å². The number of nitriles is 1. The van der Waals surface area contributed by atoms with Gasteiger partial charge in [0.15, 0.2) is 0 Å². The summed E-state index contributed by atoms with van der Waals surface area (Å²) >= 11 is 0. The van der Waals surface area contributed by atoms with Crippen molar-refractivity contribution in [2.45, 2.75) is 78.5 Å². The SMILES string of the molecule is CCCCNC(=O)C(c1c(C)cccc1C)N(CC#N)C(=O)C(Cc1ccccc1)NC(=O)OC(C)(C)C. The quantitative estimate of drug-likeness (QED) is 0.328. The fraction of sp³-hybridized carbons (Fsp3) is 0.467. The van der Waals surface area contributed by atoms with Gasteiger partial charge in [0.2, 0.25) is 11.8 Å². The summed E-state index contributed by atoms with van der Waals surface area (Å²) in [6.07, 6.45) is 1.10. The lowest BCUT2D eigenvalue weighted by molar-refractivity contribution is -0.141. The molecule has 0 aliphatic rings. The standard InChI is InChI=1S/C30H40N4O4/c1-7-8-18-32-27(35)26(25-21(2)13-12-14-22(25)3)34(19-17-31)28(36)24(20-23-15-10-9-11-16-23)33-29(37)38-30(4,5)6/h9-16,24,26H,7-8,18-20H2,1-6H3,(H,32,35)(H,33,37). The molecule has 0 heterocycles. The Morgan fingerprint density at radius 3 is 2.21 bits per heavy atom. The van der Waals surface area contributed by atoms with Crippen molar-refractivity contribution < 1.29 is 19.1 Å². The minimum absolute atomic E-state index is 0.164. The number of amides is 3. The Bertz CT molecular complexity index is 1110. The molecule has 0 aromatic heterocycles. The van der Waals surface area contributed by atoms with Gasteiger partial charge in [0.1, 0.15) is 24.2 Å². The van der Waals surface area contributed by atoms with Crippen molar-refractivity contribution in [3.05, 3.63) is 70.8 Å². The summed E-state index contributed by atoms with van der Waals surface area (Å²) in [6, 6.07) is 14.9. The second kappa shape index (κ2) is 14.2. The lowest BCUT2D eigenvalue weighted by atomic mass is 9.93. The average molecular weight is 521 g/mol. The molecule has 8 nitrogen and oxygen atoms in total. The molecule has 2 N–H and O–H groups in total. The average Bonchev–Trinajstić information content (AvgIpc) is 2.84. The van der Waals surface area contributed by atoms with Gasteiger partial charge in [0.25, 0.3) is 0 Å².